The lowest BCUT2D eigenvalue weighted by molar-refractivity contribution is -0.108. The van der Waals surface area contributed by atoms with Gasteiger partial charge in [0.15, 0.2) is 0 Å². The van der Waals surface area contributed by atoms with Gasteiger partial charge in [0.05, 0.1) is 11.4 Å². The Hall–Kier alpha value is -3.25. The monoisotopic (exact) mass is 477 g/mol. The molecule has 0 radical (unpaired) electrons. The lowest BCUT2D eigenvalue weighted by Gasteiger charge is -2.37. The molecule has 0 bridgehead atoms. The van der Waals surface area contributed by atoms with Crippen LogP contribution in [0.25, 0.3) is 0 Å². The van der Waals surface area contributed by atoms with E-state index in [4.69, 9.17) is 0 Å². The van der Waals surface area contributed by atoms with Gasteiger partial charge in [-0.3, -0.25) is 4.79 Å². The van der Waals surface area contributed by atoms with Gasteiger partial charge >= 0.3 is 0 Å². The van der Waals surface area contributed by atoms with E-state index in [2.05, 4.69) is 10.2 Å². The first-order valence-electron chi connectivity index (χ1n) is 12.3. The van der Waals surface area contributed by atoms with Gasteiger partial charge < -0.3 is 15.1 Å². The second kappa shape index (κ2) is 11.9. The van der Waals surface area contributed by atoms with E-state index in [1.807, 2.05) is 60.5 Å². The normalized spacial score (nSPS) is 14.7. The molecule has 1 N–H and O–H groups in total. The number of halogens is 2. The van der Waals surface area contributed by atoms with E-state index in [1.165, 1.54) is 24.3 Å². The van der Waals surface area contributed by atoms with Crippen molar-refractivity contribution in [3.05, 3.63) is 95.6 Å². The Balaban J connectivity index is 1.34. The van der Waals surface area contributed by atoms with E-state index in [0.717, 1.165) is 74.2 Å². The largest absolute Gasteiger partial charge is 0.386 e. The van der Waals surface area contributed by atoms with E-state index < -0.39 is 0 Å². The Morgan fingerprint density at radius 2 is 1.51 bits per heavy atom. The fourth-order valence-corrected chi connectivity index (χ4v) is 5.11. The maximum absolute atomic E-state index is 13.5. The molecule has 0 spiro atoms. The number of anilines is 2. The van der Waals surface area contributed by atoms with Crippen LogP contribution in [0.4, 0.5) is 20.2 Å². The van der Waals surface area contributed by atoms with E-state index in [9.17, 15) is 13.6 Å². The standard InChI is InChI=1S/C29H33F2N3O/c1-32-28-6-2-3-7-29(28)34(21-35)26-16-19-33(20-17-26)18-4-5-27(22-8-12-24(30)13-9-22)23-10-14-25(31)15-11-23/h2-3,6-15,21,26-27,32H,4-5,16-20H2,1H3. The molecule has 35 heavy (non-hydrogen) atoms. The second-order valence-electron chi connectivity index (χ2n) is 9.15. The van der Waals surface area contributed by atoms with Crippen LogP contribution in [-0.2, 0) is 4.79 Å². The minimum atomic E-state index is -0.254. The number of carbonyl (C=O) groups is 1. The molecule has 6 heteroatoms. The number of piperidine rings is 1. The third-order valence-corrected chi connectivity index (χ3v) is 7.03. The molecular weight excluding hydrogens is 444 g/mol. The van der Waals surface area contributed by atoms with Crippen LogP contribution in [-0.4, -0.2) is 44.0 Å². The van der Waals surface area contributed by atoms with Crippen LogP contribution in [0.1, 0.15) is 42.7 Å². The van der Waals surface area contributed by atoms with Crippen LogP contribution in [0.2, 0.25) is 0 Å². The Morgan fingerprint density at radius 1 is 0.943 bits per heavy atom. The van der Waals surface area contributed by atoms with E-state index in [-0.39, 0.29) is 23.6 Å². The third kappa shape index (κ3) is 6.25. The Kier molecular flexibility index (Phi) is 8.48. The van der Waals surface area contributed by atoms with Gasteiger partial charge in [0.2, 0.25) is 6.41 Å². The van der Waals surface area contributed by atoms with Gasteiger partial charge in [-0.2, -0.15) is 0 Å². The summed E-state index contributed by atoms with van der Waals surface area (Å²) >= 11 is 0. The van der Waals surface area contributed by atoms with Crippen molar-refractivity contribution in [2.45, 2.75) is 37.6 Å². The molecule has 4 rings (SSSR count). The van der Waals surface area contributed by atoms with Crippen molar-refractivity contribution >= 4 is 17.8 Å². The van der Waals surface area contributed by atoms with Crippen LogP contribution in [0, 0.1) is 11.6 Å². The second-order valence-corrected chi connectivity index (χ2v) is 9.15. The molecule has 1 fully saturated rings. The molecule has 0 aromatic heterocycles. The number of benzene rings is 3. The predicted molar refractivity (Wildman–Crippen MR) is 138 cm³/mol. The summed E-state index contributed by atoms with van der Waals surface area (Å²) in [5.41, 5.74) is 3.96. The highest BCUT2D eigenvalue weighted by atomic mass is 19.1. The number of amides is 1. The quantitative estimate of drug-likeness (QED) is 0.361. The molecule has 0 unspecified atom stereocenters. The Morgan fingerprint density at radius 3 is 2.06 bits per heavy atom. The summed E-state index contributed by atoms with van der Waals surface area (Å²) in [4.78, 5) is 16.3. The maximum atomic E-state index is 13.5. The number of hydrogen-bond acceptors (Lipinski definition) is 3. The fourth-order valence-electron chi connectivity index (χ4n) is 5.11. The van der Waals surface area contributed by atoms with Gasteiger partial charge in [0.25, 0.3) is 0 Å². The lowest BCUT2D eigenvalue weighted by atomic mass is 9.87. The average molecular weight is 478 g/mol. The number of nitrogens with one attached hydrogen (secondary N) is 1. The van der Waals surface area contributed by atoms with Crippen LogP contribution in [0.3, 0.4) is 0 Å². The summed E-state index contributed by atoms with van der Waals surface area (Å²) < 4.78 is 27.0. The fraction of sp³-hybridized carbons (Fsp3) is 0.345. The smallest absolute Gasteiger partial charge is 0.214 e. The number of hydrogen-bond donors (Lipinski definition) is 1. The van der Waals surface area contributed by atoms with Crippen molar-refractivity contribution in [1.82, 2.24) is 4.90 Å². The predicted octanol–water partition coefficient (Wildman–Crippen LogP) is 6.05. The van der Waals surface area contributed by atoms with Crippen molar-refractivity contribution in [1.29, 1.82) is 0 Å². The topological polar surface area (TPSA) is 35.6 Å². The number of carbonyl (C=O) groups excluding carboxylic acids is 1. The zero-order chi connectivity index (χ0) is 24.6. The summed E-state index contributed by atoms with van der Waals surface area (Å²) in [5.74, 6) is -0.412. The average Bonchev–Trinajstić information content (AvgIpc) is 2.89. The molecule has 1 aliphatic heterocycles. The summed E-state index contributed by atoms with van der Waals surface area (Å²) in [7, 11) is 1.87. The molecule has 184 valence electrons. The highest BCUT2D eigenvalue weighted by Crippen LogP contribution is 2.31. The minimum absolute atomic E-state index is 0.0948. The number of para-hydroxylation sites is 2. The molecule has 0 atom stereocenters. The van der Waals surface area contributed by atoms with Crippen molar-refractivity contribution in [2.75, 3.05) is 36.9 Å². The summed E-state index contributed by atoms with van der Waals surface area (Å²) in [6.45, 7) is 2.84. The Bertz CT molecular complexity index is 1030. The molecule has 1 aliphatic rings. The highest BCUT2D eigenvalue weighted by molar-refractivity contribution is 5.84. The van der Waals surface area contributed by atoms with Gasteiger partial charge in [-0.15, -0.1) is 0 Å². The molecule has 0 aliphatic carbocycles. The van der Waals surface area contributed by atoms with E-state index in [1.54, 1.807) is 0 Å². The molecule has 0 saturated carbocycles. The molecule has 1 saturated heterocycles. The number of nitrogens with zero attached hydrogens (tertiary/aromatic N) is 2. The SMILES string of the molecule is CNc1ccccc1N(C=O)C1CCN(CCCC(c2ccc(F)cc2)c2ccc(F)cc2)CC1. The summed E-state index contributed by atoms with van der Waals surface area (Å²) in [6.07, 6.45) is 4.68. The van der Waals surface area contributed by atoms with Gasteiger partial charge in [-0.1, -0.05) is 36.4 Å². The molecule has 3 aromatic rings. The van der Waals surface area contributed by atoms with Crippen molar-refractivity contribution in [2.24, 2.45) is 0 Å². The molecular formula is C29H33F2N3O. The van der Waals surface area contributed by atoms with Crippen molar-refractivity contribution in [3.63, 3.8) is 0 Å². The molecule has 3 aromatic carbocycles. The van der Waals surface area contributed by atoms with Crippen molar-refractivity contribution in [3.8, 4) is 0 Å². The van der Waals surface area contributed by atoms with Gasteiger partial charge in [-0.25, -0.2) is 8.78 Å². The Labute approximate surface area is 206 Å². The molecule has 1 amide bonds. The maximum Gasteiger partial charge on any atom is 0.214 e. The van der Waals surface area contributed by atoms with E-state index >= 15 is 0 Å². The molecule has 1 heterocycles. The minimum Gasteiger partial charge on any atom is -0.386 e. The van der Waals surface area contributed by atoms with Crippen LogP contribution in [0.5, 0.6) is 0 Å². The zero-order valence-electron chi connectivity index (χ0n) is 20.2. The van der Waals surface area contributed by atoms with Gasteiger partial charge in [-0.05, 0) is 79.8 Å². The highest BCUT2D eigenvalue weighted by Gasteiger charge is 2.26. The van der Waals surface area contributed by atoms with Crippen LogP contribution < -0.4 is 10.2 Å². The van der Waals surface area contributed by atoms with E-state index in [0.29, 0.717) is 0 Å². The first kappa shape index (κ1) is 24.9. The third-order valence-electron chi connectivity index (χ3n) is 7.03. The number of likely N-dealkylation sites (tertiary alicyclic amines) is 1. The zero-order valence-corrected chi connectivity index (χ0v) is 20.2. The van der Waals surface area contributed by atoms with Gasteiger partial charge in [0.1, 0.15) is 11.6 Å². The summed E-state index contributed by atoms with van der Waals surface area (Å²) in [5, 5.41) is 3.18. The van der Waals surface area contributed by atoms with Crippen LogP contribution in [0.15, 0.2) is 72.8 Å². The van der Waals surface area contributed by atoms with Crippen LogP contribution >= 0.6 is 0 Å². The first-order chi connectivity index (χ1) is 17.1. The lowest BCUT2D eigenvalue weighted by Crippen LogP contribution is -2.45. The number of rotatable bonds is 10. The van der Waals surface area contributed by atoms with Crippen molar-refractivity contribution < 1.29 is 13.6 Å². The first-order valence-corrected chi connectivity index (χ1v) is 12.3. The molecule has 4 nitrogen and oxygen atoms in total. The van der Waals surface area contributed by atoms with Gasteiger partial charge in [0, 0.05) is 32.1 Å². The summed E-state index contributed by atoms with van der Waals surface area (Å²) in [6, 6.07) is 21.3.